The maximum atomic E-state index is 12.1. The molecule has 1 aliphatic rings. The van der Waals surface area contributed by atoms with Crippen LogP contribution in [0.2, 0.25) is 0 Å². The second-order valence-corrected chi connectivity index (χ2v) is 5.61. The summed E-state index contributed by atoms with van der Waals surface area (Å²) >= 11 is 1.51. The van der Waals surface area contributed by atoms with E-state index in [9.17, 15) is 4.79 Å². The van der Waals surface area contributed by atoms with Crippen molar-refractivity contribution in [3.05, 3.63) is 40.6 Å². The molecule has 0 saturated carbocycles. The Labute approximate surface area is 122 Å². The lowest BCUT2D eigenvalue weighted by atomic mass is 9.87. The zero-order valence-corrected chi connectivity index (χ0v) is 12.2. The maximum Gasteiger partial charge on any atom is 0.162 e. The van der Waals surface area contributed by atoms with Gasteiger partial charge in [0, 0.05) is 22.6 Å². The molecule has 1 aromatic rings. The van der Waals surface area contributed by atoms with E-state index in [4.69, 9.17) is 16.7 Å². The number of Topliss-reactive ketones (excluding diaryl/α,β-unsaturated/α-hetero) is 1. The van der Waals surface area contributed by atoms with Crippen molar-refractivity contribution in [1.82, 2.24) is 0 Å². The van der Waals surface area contributed by atoms with Crippen molar-refractivity contribution in [2.45, 2.75) is 30.2 Å². The predicted octanol–water partition coefficient (Wildman–Crippen LogP) is 2.25. The number of rotatable bonds is 3. The van der Waals surface area contributed by atoms with E-state index in [-0.39, 0.29) is 5.78 Å². The fraction of sp³-hybridized carbons (Fsp3) is 0.333. The quantitative estimate of drug-likeness (QED) is 0.832. The predicted molar refractivity (Wildman–Crippen MR) is 79.9 cm³/mol. The Hall–Kier alpha value is -1.77. The minimum absolute atomic E-state index is 0.0395. The number of ketones is 1. The zero-order valence-electron chi connectivity index (χ0n) is 11.3. The van der Waals surface area contributed by atoms with Crippen molar-refractivity contribution in [1.29, 1.82) is 5.26 Å². The fourth-order valence-electron chi connectivity index (χ4n) is 2.45. The van der Waals surface area contributed by atoms with Gasteiger partial charge >= 0.3 is 0 Å². The fourth-order valence-corrected chi connectivity index (χ4v) is 3.13. The van der Waals surface area contributed by atoms with E-state index in [0.717, 1.165) is 23.3 Å². The second-order valence-electron chi connectivity index (χ2n) is 4.76. The molecule has 4 nitrogen and oxygen atoms in total. The van der Waals surface area contributed by atoms with Crippen LogP contribution in [0.25, 0.3) is 0 Å². The molecule has 104 valence electrons. The molecular weight excluding hydrogens is 270 g/mol. The summed E-state index contributed by atoms with van der Waals surface area (Å²) in [6.45, 7) is 0. The summed E-state index contributed by atoms with van der Waals surface area (Å²) in [7, 11) is 0. The topological polar surface area (TPSA) is 92.9 Å². The molecule has 0 unspecified atom stereocenters. The van der Waals surface area contributed by atoms with Gasteiger partial charge in [-0.3, -0.25) is 4.79 Å². The van der Waals surface area contributed by atoms with Gasteiger partial charge in [-0.05, 0) is 36.8 Å². The van der Waals surface area contributed by atoms with Gasteiger partial charge in [-0.1, -0.05) is 6.07 Å². The van der Waals surface area contributed by atoms with E-state index in [2.05, 4.69) is 6.07 Å². The molecule has 0 bridgehead atoms. The van der Waals surface area contributed by atoms with E-state index < -0.39 is 6.04 Å². The molecule has 0 spiro atoms. The number of benzene rings is 1. The molecule has 1 atom stereocenters. The second kappa shape index (κ2) is 6.12. The van der Waals surface area contributed by atoms with Crippen molar-refractivity contribution in [2.75, 3.05) is 6.26 Å². The Morgan fingerprint density at radius 2 is 2.15 bits per heavy atom. The van der Waals surface area contributed by atoms with E-state index in [1.165, 1.54) is 11.8 Å². The monoisotopic (exact) mass is 287 g/mol. The van der Waals surface area contributed by atoms with Gasteiger partial charge in [0.2, 0.25) is 0 Å². The molecule has 0 aliphatic heterocycles. The van der Waals surface area contributed by atoms with Crippen LogP contribution in [-0.4, -0.2) is 12.0 Å². The first-order valence-electron chi connectivity index (χ1n) is 6.43. The zero-order chi connectivity index (χ0) is 14.7. The van der Waals surface area contributed by atoms with Crippen molar-refractivity contribution in [3.8, 4) is 6.07 Å². The van der Waals surface area contributed by atoms with Gasteiger partial charge in [-0.15, -0.1) is 11.8 Å². The number of nitriles is 1. The molecule has 2 rings (SSSR count). The Kier molecular flexibility index (Phi) is 4.48. The van der Waals surface area contributed by atoms with Gasteiger partial charge in [-0.25, -0.2) is 0 Å². The number of nitrogens with two attached hydrogens (primary N) is 2. The highest BCUT2D eigenvalue weighted by atomic mass is 32.2. The molecule has 1 aromatic carbocycles. The van der Waals surface area contributed by atoms with Crippen molar-refractivity contribution in [3.63, 3.8) is 0 Å². The van der Waals surface area contributed by atoms with Crippen molar-refractivity contribution >= 4 is 17.5 Å². The number of allylic oxidation sites excluding steroid dienone is 1. The van der Waals surface area contributed by atoms with Crippen LogP contribution in [-0.2, 0) is 4.79 Å². The van der Waals surface area contributed by atoms with Gasteiger partial charge in [0.15, 0.2) is 5.78 Å². The smallest absolute Gasteiger partial charge is 0.162 e. The Morgan fingerprint density at radius 1 is 1.40 bits per heavy atom. The normalized spacial score (nSPS) is 16.9. The molecule has 5 heteroatoms. The van der Waals surface area contributed by atoms with Gasteiger partial charge in [0.1, 0.15) is 0 Å². The van der Waals surface area contributed by atoms with Gasteiger partial charge < -0.3 is 11.5 Å². The molecule has 4 N–H and O–H groups in total. The van der Waals surface area contributed by atoms with E-state index in [1.807, 2.05) is 12.3 Å². The van der Waals surface area contributed by atoms with E-state index in [0.29, 0.717) is 23.3 Å². The maximum absolute atomic E-state index is 12.1. The summed E-state index contributed by atoms with van der Waals surface area (Å²) in [5.41, 5.74) is 14.8. The number of hydrogen-bond donors (Lipinski definition) is 2. The van der Waals surface area contributed by atoms with Crippen LogP contribution in [0.3, 0.4) is 0 Å². The molecular formula is C15H17N3OS. The highest BCUT2D eigenvalue weighted by Crippen LogP contribution is 2.33. The molecule has 0 amide bonds. The first kappa shape index (κ1) is 14.6. The average molecular weight is 287 g/mol. The minimum atomic E-state index is -0.516. The third kappa shape index (κ3) is 2.72. The molecule has 0 aromatic heterocycles. The van der Waals surface area contributed by atoms with Crippen LogP contribution in [0, 0.1) is 11.3 Å². The number of nitrogens with zero attached hydrogens (tertiary/aromatic N) is 1. The SMILES string of the molecule is CSc1cc(C#N)ccc1[C@@H](N)C1=C(N)CCCC1=O. The molecule has 0 radical (unpaired) electrons. The minimum Gasteiger partial charge on any atom is -0.402 e. The van der Waals surface area contributed by atoms with Gasteiger partial charge in [0.25, 0.3) is 0 Å². The third-order valence-corrected chi connectivity index (χ3v) is 4.30. The first-order chi connectivity index (χ1) is 9.58. The van der Waals surface area contributed by atoms with Gasteiger partial charge in [-0.2, -0.15) is 5.26 Å². The van der Waals surface area contributed by atoms with Crippen LogP contribution in [0.1, 0.15) is 36.4 Å². The van der Waals surface area contributed by atoms with Crippen LogP contribution in [0.4, 0.5) is 0 Å². The third-order valence-electron chi connectivity index (χ3n) is 3.50. The summed E-state index contributed by atoms with van der Waals surface area (Å²) < 4.78 is 0. The summed E-state index contributed by atoms with van der Waals surface area (Å²) in [4.78, 5) is 13.0. The molecule has 20 heavy (non-hydrogen) atoms. The Morgan fingerprint density at radius 3 is 2.75 bits per heavy atom. The lowest BCUT2D eigenvalue weighted by Gasteiger charge is -2.23. The molecule has 0 saturated heterocycles. The first-order valence-corrected chi connectivity index (χ1v) is 7.66. The highest BCUT2D eigenvalue weighted by Gasteiger charge is 2.26. The Bertz CT molecular complexity index is 616. The van der Waals surface area contributed by atoms with Gasteiger partial charge in [0.05, 0.1) is 17.7 Å². The van der Waals surface area contributed by atoms with E-state index in [1.54, 1.807) is 12.1 Å². The highest BCUT2D eigenvalue weighted by molar-refractivity contribution is 7.98. The summed E-state index contributed by atoms with van der Waals surface area (Å²) in [6, 6.07) is 6.92. The van der Waals surface area contributed by atoms with Crippen LogP contribution < -0.4 is 11.5 Å². The molecule has 1 aliphatic carbocycles. The lowest BCUT2D eigenvalue weighted by Crippen LogP contribution is -2.26. The standard InChI is InChI=1S/C15H17N3OS/c1-20-13-7-9(8-16)5-6-10(13)15(18)14-11(17)3-2-4-12(14)19/h5-7,15H,2-4,17-18H2,1H3/t15-/m1/s1. The van der Waals surface area contributed by atoms with Crippen molar-refractivity contribution in [2.24, 2.45) is 11.5 Å². The largest absolute Gasteiger partial charge is 0.402 e. The van der Waals surface area contributed by atoms with Crippen LogP contribution >= 0.6 is 11.8 Å². The average Bonchev–Trinajstić information content (AvgIpc) is 2.46. The van der Waals surface area contributed by atoms with Crippen molar-refractivity contribution < 1.29 is 4.79 Å². The van der Waals surface area contributed by atoms with E-state index >= 15 is 0 Å². The summed E-state index contributed by atoms with van der Waals surface area (Å²) in [6.07, 6.45) is 3.95. The lowest BCUT2D eigenvalue weighted by molar-refractivity contribution is -0.116. The molecule has 0 heterocycles. The van der Waals surface area contributed by atoms with Crippen LogP contribution in [0.5, 0.6) is 0 Å². The summed E-state index contributed by atoms with van der Waals surface area (Å²) in [5.74, 6) is 0.0395. The Balaban J connectivity index is 2.46. The molecule has 0 fully saturated rings. The number of carbonyl (C=O) groups excluding carboxylic acids is 1. The number of carbonyl (C=O) groups is 1. The van der Waals surface area contributed by atoms with Crippen LogP contribution in [0.15, 0.2) is 34.4 Å². The summed E-state index contributed by atoms with van der Waals surface area (Å²) in [5, 5.41) is 8.95. The number of thioether (sulfide) groups is 1. The number of hydrogen-bond acceptors (Lipinski definition) is 5.